The summed E-state index contributed by atoms with van der Waals surface area (Å²) in [5, 5.41) is 3.13. The van der Waals surface area contributed by atoms with E-state index in [9.17, 15) is 13.2 Å². The maximum atomic E-state index is 11.8. The fourth-order valence-electron chi connectivity index (χ4n) is 1.72. The van der Waals surface area contributed by atoms with Gasteiger partial charge >= 0.3 is 5.97 Å². The molecule has 1 aromatic carbocycles. The van der Waals surface area contributed by atoms with Gasteiger partial charge in [-0.15, -0.1) is 0 Å². The molecule has 0 aliphatic carbocycles. The van der Waals surface area contributed by atoms with E-state index >= 15 is 0 Å². The van der Waals surface area contributed by atoms with Crippen LogP contribution in [0, 0.1) is 0 Å². The molecule has 0 heterocycles. The zero-order chi connectivity index (χ0) is 15.7. The monoisotopic (exact) mass is 314 g/mol. The van der Waals surface area contributed by atoms with E-state index < -0.39 is 10.0 Å². The number of ether oxygens (including phenoxy) is 1. The second-order valence-corrected chi connectivity index (χ2v) is 6.13. The lowest BCUT2D eigenvalue weighted by molar-refractivity contribution is -0.143. The first-order chi connectivity index (χ1) is 9.99. The maximum Gasteiger partial charge on any atom is 0.305 e. The Kier molecular flexibility index (Phi) is 7.18. The second kappa shape index (κ2) is 8.63. The molecule has 0 spiro atoms. The van der Waals surface area contributed by atoms with E-state index in [1.165, 1.54) is 0 Å². The highest BCUT2D eigenvalue weighted by Gasteiger charge is 2.11. The first-order valence-electron chi connectivity index (χ1n) is 6.98. The third-order valence-corrected chi connectivity index (χ3v) is 4.25. The van der Waals surface area contributed by atoms with Crippen LogP contribution < -0.4 is 10.0 Å². The van der Waals surface area contributed by atoms with Crippen LogP contribution in [0.1, 0.15) is 26.7 Å². The van der Waals surface area contributed by atoms with Gasteiger partial charge in [-0.05, 0) is 37.6 Å². The van der Waals surface area contributed by atoms with Crippen molar-refractivity contribution < 1.29 is 17.9 Å². The van der Waals surface area contributed by atoms with Gasteiger partial charge in [-0.1, -0.05) is 6.92 Å². The fraction of sp³-hybridized carbons (Fsp3) is 0.500. The third kappa shape index (κ3) is 6.14. The van der Waals surface area contributed by atoms with Gasteiger partial charge in [-0.3, -0.25) is 4.79 Å². The van der Waals surface area contributed by atoms with E-state index in [2.05, 4.69) is 10.0 Å². The van der Waals surface area contributed by atoms with E-state index in [4.69, 9.17) is 4.74 Å². The predicted molar refractivity (Wildman–Crippen MR) is 81.7 cm³/mol. The summed E-state index contributed by atoms with van der Waals surface area (Å²) in [5.41, 5.74) is 0.814. The molecule has 0 fully saturated rings. The van der Waals surface area contributed by atoms with Gasteiger partial charge in [0.25, 0.3) is 0 Å². The smallest absolute Gasteiger partial charge is 0.305 e. The molecule has 2 N–H and O–H groups in total. The molecule has 0 aliphatic heterocycles. The quantitative estimate of drug-likeness (QED) is 0.536. The Morgan fingerprint density at radius 2 is 1.86 bits per heavy atom. The molecule has 0 saturated carbocycles. The van der Waals surface area contributed by atoms with Crippen molar-refractivity contribution in [2.24, 2.45) is 0 Å². The largest absolute Gasteiger partial charge is 0.466 e. The molecule has 0 bridgehead atoms. The highest BCUT2D eigenvalue weighted by molar-refractivity contribution is 7.89. The standard InChI is InChI=1S/C14H22N2O4S/c1-3-16-21(18,19)13-9-7-12(8-10-13)15-11-5-6-14(17)20-4-2/h7-10,15-16H,3-6,11H2,1-2H3. The lowest BCUT2D eigenvalue weighted by atomic mass is 10.3. The molecule has 21 heavy (non-hydrogen) atoms. The molecular formula is C14H22N2O4S. The first kappa shape index (κ1) is 17.5. The normalized spacial score (nSPS) is 11.1. The fourth-order valence-corrected chi connectivity index (χ4v) is 2.76. The van der Waals surface area contributed by atoms with E-state index in [-0.39, 0.29) is 10.9 Å². The van der Waals surface area contributed by atoms with Crippen molar-refractivity contribution in [3.05, 3.63) is 24.3 Å². The highest BCUT2D eigenvalue weighted by Crippen LogP contribution is 2.14. The number of nitrogens with one attached hydrogen (secondary N) is 2. The summed E-state index contributed by atoms with van der Waals surface area (Å²) in [6.07, 6.45) is 1.03. The Labute approximate surface area is 125 Å². The third-order valence-electron chi connectivity index (χ3n) is 2.69. The van der Waals surface area contributed by atoms with Crippen molar-refractivity contribution in [2.75, 3.05) is 25.0 Å². The van der Waals surface area contributed by atoms with Crippen molar-refractivity contribution in [1.29, 1.82) is 0 Å². The average Bonchev–Trinajstić information content (AvgIpc) is 2.44. The van der Waals surface area contributed by atoms with Gasteiger partial charge in [0.2, 0.25) is 10.0 Å². The van der Waals surface area contributed by atoms with Crippen LogP contribution in [0.5, 0.6) is 0 Å². The lowest BCUT2D eigenvalue weighted by Gasteiger charge is -2.08. The minimum absolute atomic E-state index is 0.202. The number of hydrogen-bond acceptors (Lipinski definition) is 5. The molecule has 0 saturated heterocycles. The Balaban J connectivity index is 2.43. The van der Waals surface area contributed by atoms with Gasteiger partial charge in [0.05, 0.1) is 11.5 Å². The second-order valence-electron chi connectivity index (χ2n) is 4.36. The summed E-state index contributed by atoms with van der Waals surface area (Å²) >= 11 is 0. The Morgan fingerprint density at radius 1 is 1.19 bits per heavy atom. The topological polar surface area (TPSA) is 84.5 Å². The average molecular weight is 314 g/mol. The summed E-state index contributed by atoms with van der Waals surface area (Å²) in [5.74, 6) is -0.202. The SMILES string of the molecule is CCNS(=O)(=O)c1ccc(NCCCC(=O)OCC)cc1. The number of rotatable bonds is 9. The minimum atomic E-state index is -3.41. The maximum absolute atomic E-state index is 11.8. The van der Waals surface area contributed by atoms with Gasteiger partial charge in [-0.2, -0.15) is 0 Å². The number of hydrogen-bond donors (Lipinski definition) is 2. The van der Waals surface area contributed by atoms with Crippen LogP contribution in [-0.4, -0.2) is 34.1 Å². The van der Waals surface area contributed by atoms with Crippen molar-refractivity contribution in [3.63, 3.8) is 0 Å². The number of sulfonamides is 1. The van der Waals surface area contributed by atoms with Crippen LogP contribution in [0.4, 0.5) is 5.69 Å². The molecule has 0 aliphatic rings. The Morgan fingerprint density at radius 3 is 2.43 bits per heavy atom. The van der Waals surface area contributed by atoms with Crippen LogP contribution in [0.3, 0.4) is 0 Å². The summed E-state index contributed by atoms with van der Waals surface area (Å²) < 4.78 is 30.8. The van der Waals surface area contributed by atoms with Crippen LogP contribution in [0.2, 0.25) is 0 Å². The number of benzene rings is 1. The summed E-state index contributed by atoms with van der Waals surface area (Å²) in [4.78, 5) is 11.4. The van der Waals surface area contributed by atoms with Crippen LogP contribution in [0.15, 0.2) is 29.2 Å². The Bertz CT molecular complexity index is 541. The number of anilines is 1. The summed E-state index contributed by atoms with van der Waals surface area (Å²) in [6, 6.07) is 6.50. The molecule has 118 valence electrons. The molecule has 1 aromatic rings. The Hall–Kier alpha value is -1.60. The molecule has 1 rings (SSSR count). The highest BCUT2D eigenvalue weighted by atomic mass is 32.2. The summed E-state index contributed by atoms with van der Waals surface area (Å²) in [7, 11) is -3.41. The zero-order valence-corrected chi connectivity index (χ0v) is 13.2. The minimum Gasteiger partial charge on any atom is -0.466 e. The molecular weight excluding hydrogens is 292 g/mol. The van der Waals surface area contributed by atoms with E-state index in [1.807, 2.05) is 0 Å². The van der Waals surface area contributed by atoms with E-state index in [0.717, 1.165) is 5.69 Å². The van der Waals surface area contributed by atoms with E-state index in [1.54, 1.807) is 38.1 Å². The van der Waals surface area contributed by atoms with Crippen molar-refractivity contribution in [3.8, 4) is 0 Å². The molecule has 0 radical (unpaired) electrons. The van der Waals surface area contributed by atoms with Crippen LogP contribution >= 0.6 is 0 Å². The number of carbonyl (C=O) groups excluding carboxylic acids is 1. The summed E-state index contributed by atoms with van der Waals surface area (Å²) in [6.45, 7) is 4.89. The van der Waals surface area contributed by atoms with Crippen molar-refractivity contribution in [2.45, 2.75) is 31.6 Å². The molecule has 0 unspecified atom stereocenters. The van der Waals surface area contributed by atoms with E-state index in [0.29, 0.717) is 32.5 Å². The van der Waals surface area contributed by atoms with Gasteiger partial charge in [-0.25, -0.2) is 13.1 Å². The lowest BCUT2D eigenvalue weighted by Crippen LogP contribution is -2.23. The van der Waals surface area contributed by atoms with Crippen molar-refractivity contribution >= 4 is 21.7 Å². The number of carbonyl (C=O) groups is 1. The predicted octanol–water partition coefficient (Wildman–Crippen LogP) is 1.74. The van der Waals surface area contributed by atoms with Crippen molar-refractivity contribution in [1.82, 2.24) is 4.72 Å². The van der Waals surface area contributed by atoms with Gasteiger partial charge in [0, 0.05) is 25.2 Å². The molecule has 6 nitrogen and oxygen atoms in total. The van der Waals surface area contributed by atoms with Crippen LogP contribution in [0.25, 0.3) is 0 Å². The van der Waals surface area contributed by atoms with Gasteiger partial charge in [0.1, 0.15) is 0 Å². The zero-order valence-electron chi connectivity index (χ0n) is 12.4. The first-order valence-corrected chi connectivity index (χ1v) is 8.47. The van der Waals surface area contributed by atoms with Crippen LogP contribution in [-0.2, 0) is 19.6 Å². The molecule has 0 amide bonds. The number of esters is 1. The van der Waals surface area contributed by atoms with Gasteiger partial charge < -0.3 is 10.1 Å². The molecule has 7 heteroatoms. The van der Waals surface area contributed by atoms with Gasteiger partial charge in [0.15, 0.2) is 0 Å². The molecule has 0 aromatic heterocycles. The molecule has 0 atom stereocenters.